The molecule has 0 bridgehead atoms. The number of aromatic nitrogens is 4. The maximum Gasteiger partial charge on any atom is 0.300 e. The highest BCUT2D eigenvalue weighted by molar-refractivity contribution is 7.94. The zero-order chi connectivity index (χ0) is 25.2. The number of hydrogen-bond acceptors (Lipinski definition) is 11. The molecule has 0 saturated heterocycles. The molecule has 0 aromatic carbocycles. The van der Waals surface area contributed by atoms with E-state index < -0.39 is 15.6 Å². The number of hydrogen-bond donors (Lipinski definition) is 2. The van der Waals surface area contributed by atoms with E-state index in [1.165, 1.54) is 31.0 Å². The number of sulfonamides is 1. The van der Waals surface area contributed by atoms with Gasteiger partial charge >= 0.3 is 0 Å². The van der Waals surface area contributed by atoms with Gasteiger partial charge in [-0.3, -0.25) is 13.9 Å². The first-order chi connectivity index (χ1) is 16.7. The van der Waals surface area contributed by atoms with Crippen molar-refractivity contribution in [3.05, 3.63) is 52.8 Å². The number of thiazole rings is 1. The Balaban J connectivity index is 1.73. The van der Waals surface area contributed by atoms with E-state index in [4.69, 9.17) is 19.9 Å². The monoisotopic (exact) mass is 518 g/mol. The predicted molar refractivity (Wildman–Crippen MR) is 131 cm³/mol. The maximum atomic E-state index is 13.0. The second kappa shape index (κ2) is 9.85. The SMILES string of the molecule is COCCOc1cnc2ccc(-c3cnc(OC)c(NS(=O)(=O)c4sc(N)nc4C)c3)cn2c1=O. The summed E-state index contributed by atoms with van der Waals surface area (Å²) in [4.78, 5) is 25.3. The van der Waals surface area contributed by atoms with Gasteiger partial charge < -0.3 is 19.9 Å². The zero-order valence-electron chi connectivity index (χ0n) is 19.0. The van der Waals surface area contributed by atoms with Gasteiger partial charge in [-0.15, -0.1) is 0 Å². The van der Waals surface area contributed by atoms with E-state index in [-0.39, 0.29) is 39.0 Å². The Morgan fingerprint density at radius 1 is 1.14 bits per heavy atom. The summed E-state index contributed by atoms with van der Waals surface area (Å²) in [5.41, 5.74) is 7.19. The molecule has 12 nitrogen and oxygen atoms in total. The molecule has 3 N–H and O–H groups in total. The molecule has 0 atom stereocenters. The number of rotatable bonds is 9. The van der Waals surface area contributed by atoms with Crippen molar-refractivity contribution in [2.24, 2.45) is 0 Å². The van der Waals surface area contributed by atoms with E-state index in [1.807, 2.05) is 0 Å². The molecular weight excluding hydrogens is 496 g/mol. The normalized spacial score (nSPS) is 11.5. The lowest BCUT2D eigenvalue weighted by Crippen LogP contribution is -2.19. The Bertz CT molecular complexity index is 1550. The van der Waals surface area contributed by atoms with Crippen molar-refractivity contribution in [1.29, 1.82) is 0 Å². The molecule has 4 aromatic heterocycles. The van der Waals surface area contributed by atoms with Crippen LogP contribution in [0.4, 0.5) is 10.8 Å². The van der Waals surface area contributed by atoms with E-state index in [0.29, 0.717) is 23.4 Å². The van der Waals surface area contributed by atoms with Crippen LogP contribution in [0.2, 0.25) is 0 Å². The maximum absolute atomic E-state index is 13.0. The summed E-state index contributed by atoms with van der Waals surface area (Å²) in [6, 6.07) is 4.96. The molecule has 0 aliphatic heterocycles. The van der Waals surface area contributed by atoms with Crippen LogP contribution in [0.1, 0.15) is 5.69 Å². The summed E-state index contributed by atoms with van der Waals surface area (Å²) in [5, 5.41) is 0.141. The Kier molecular flexibility index (Phi) is 6.86. The van der Waals surface area contributed by atoms with Gasteiger partial charge in [0.05, 0.1) is 25.6 Å². The lowest BCUT2D eigenvalue weighted by molar-refractivity contribution is 0.145. The fraction of sp³-hybridized carbons (Fsp3) is 0.238. The molecule has 0 radical (unpaired) electrons. The van der Waals surface area contributed by atoms with Crippen molar-refractivity contribution >= 4 is 37.8 Å². The highest BCUT2D eigenvalue weighted by atomic mass is 32.2. The van der Waals surface area contributed by atoms with Crippen LogP contribution < -0.4 is 25.5 Å². The Hall–Kier alpha value is -3.75. The molecule has 4 aromatic rings. The fourth-order valence-corrected chi connectivity index (χ4v) is 5.60. The smallest absolute Gasteiger partial charge is 0.300 e. The van der Waals surface area contributed by atoms with Crippen molar-refractivity contribution in [3.8, 4) is 22.8 Å². The van der Waals surface area contributed by atoms with Gasteiger partial charge in [-0.1, -0.05) is 11.3 Å². The van der Waals surface area contributed by atoms with E-state index >= 15 is 0 Å². The summed E-state index contributed by atoms with van der Waals surface area (Å²) in [6.45, 7) is 2.09. The van der Waals surface area contributed by atoms with Crippen LogP contribution in [-0.4, -0.2) is 55.2 Å². The lowest BCUT2D eigenvalue weighted by Gasteiger charge is -2.13. The number of nitrogens with zero attached hydrogens (tertiary/aromatic N) is 4. The van der Waals surface area contributed by atoms with E-state index in [0.717, 1.165) is 11.3 Å². The Labute approximate surface area is 204 Å². The van der Waals surface area contributed by atoms with E-state index in [1.54, 1.807) is 31.3 Å². The van der Waals surface area contributed by atoms with Gasteiger partial charge in [0, 0.05) is 30.6 Å². The summed E-state index contributed by atoms with van der Waals surface area (Å²) >= 11 is 0.856. The summed E-state index contributed by atoms with van der Waals surface area (Å²) < 4.78 is 45.4. The molecule has 0 spiro atoms. The van der Waals surface area contributed by atoms with Gasteiger partial charge in [0.1, 0.15) is 17.9 Å². The minimum Gasteiger partial charge on any atom is -0.484 e. The summed E-state index contributed by atoms with van der Waals surface area (Å²) in [5.74, 6) is 0.151. The van der Waals surface area contributed by atoms with Gasteiger partial charge in [0.2, 0.25) is 11.6 Å². The number of nitrogens with one attached hydrogen (secondary N) is 1. The molecule has 184 valence electrons. The van der Waals surface area contributed by atoms with Crippen LogP contribution in [0.25, 0.3) is 16.8 Å². The second-order valence-electron chi connectivity index (χ2n) is 7.23. The van der Waals surface area contributed by atoms with Gasteiger partial charge in [-0.25, -0.2) is 23.4 Å². The molecule has 0 unspecified atom stereocenters. The predicted octanol–water partition coefficient (Wildman–Crippen LogP) is 1.94. The highest BCUT2D eigenvalue weighted by Crippen LogP contribution is 2.32. The third-order valence-electron chi connectivity index (χ3n) is 4.85. The fourth-order valence-electron chi connectivity index (χ4n) is 3.25. The molecule has 0 aliphatic carbocycles. The zero-order valence-corrected chi connectivity index (χ0v) is 20.6. The van der Waals surface area contributed by atoms with Crippen molar-refractivity contribution in [3.63, 3.8) is 0 Å². The first-order valence-corrected chi connectivity index (χ1v) is 12.5. The summed E-state index contributed by atoms with van der Waals surface area (Å²) in [7, 11) is -1.09. The Morgan fingerprint density at radius 2 is 1.94 bits per heavy atom. The number of fused-ring (bicyclic) bond motifs is 1. The molecule has 35 heavy (non-hydrogen) atoms. The van der Waals surface area contributed by atoms with Gasteiger partial charge in [-0.2, -0.15) is 0 Å². The molecular formula is C21H22N6O6S2. The first-order valence-electron chi connectivity index (χ1n) is 10.2. The number of ether oxygens (including phenoxy) is 3. The number of aryl methyl sites for hydroxylation is 1. The van der Waals surface area contributed by atoms with E-state index in [2.05, 4.69) is 19.7 Å². The minimum atomic E-state index is -4.00. The van der Waals surface area contributed by atoms with Crippen molar-refractivity contribution in [2.75, 3.05) is 37.9 Å². The number of methoxy groups -OCH3 is 2. The molecule has 14 heteroatoms. The average Bonchev–Trinajstić information content (AvgIpc) is 3.19. The third kappa shape index (κ3) is 5.03. The molecule has 0 saturated carbocycles. The molecule has 0 amide bonds. The average molecular weight is 519 g/mol. The van der Waals surface area contributed by atoms with Crippen LogP contribution in [-0.2, 0) is 14.8 Å². The van der Waals surface area contributed by atoms with Crippen LogP contribution in [0.5, 0.6) is 11.6 Å². The van der Waals surface area contributed by atoms with Gasteiger partial charge in [0.25, 0.3) is 15.6 Å². The highest BCUT2D eigenvalue weighted by Gasteiger charge is 2.23. The van der Waals surface area contributed by atoms with Crippen molar-refractivity contribution < 1.29 is 22.6 Å². The largest absolute Gasteiger partial charge is 0.484 e. The quantitative estimate of drug-likeness (QED) is 0.313. The second-order valence-corrected chi connectivity index (χ2v) is 10.1. The van der Waals surface area contributed by atoms with Crippen molar-refractivity contribution in [2.45, 2.75) is 11.1 Å². The van der Waals surface area contributed by atoms with Gasteiger partial charge in [0.15, 0.2) is 9.34 Å². The van der Waals surface area contributed by atoms with Crippen LogP contribution in [0.15, 0.2) is 45.8 Å². The number of nitrogen functional groups attached to an aromatic ring is 1. The summed E-state index contributed by atoms with van der Waals surface area (Å²) in [6.07, 6.45) is 4.44. The lowest BCUT2D eigenvalue weighted by atomic mass is 10.1. The topological polar surface area (TPSA) is 160 Å². The van der Waals surface area contributed by atoms with Gasteiger partial charge in [-0.05, 0) is 25.1 Å². The minimum absolute atomic E-state index is 0.00760. The molecule has 4 heterocycles. The van der Waals surface area contributed by atoms with E-state index in [9.17, 15) is 13.2 Å². The molecule has 4 rings (SSSR count). The van der Waals surface area contributed by atoms with Crippen molar-refractivity contribution in [1.82, 2.24) is 19.4 Å². The Morgan fingerprint density at radius 3 is 2.63 bits per heavy atom. The van der Waals surface area contributed by atoms with Crippen LogP contribution in [0.3, 0.4) is 0 Å². The number of anilines is 2. The van der Waals surface area contributed by atoms with Crippen LogP contribution >= 0.6 is 11.3 Å². The number of nitrogens with two attached hydrogens (primary N) is 1. The standard InChI is InChI=1S/C21H22N6O6S2/c1-12-20(34-21(22)25-12)35(29,30)26-15-8-14(9-24-18(15)32-3)13-4-5-17-23-10-16(33-7-6-31-2)19(28)27(17)11-13/h4-5,8-11,26H,6-7H2,1-3H3,(H2,22,25). The van der Waals surface area contributed by atoms with Crippen LogP contribution in [0, 0.1) is 6.92 Å². The molecule has 0 aliphatic rings. The number of pyridine rings is 2. The third-order valence-corrected chi connectivity index (χ3v) is 7.81. The first kappa shape index (κ1) is 24.4. The molecule has 0 fully saturated rings.